The van der Waals surface area contributed by atoms with Crippen LogP contribution in [0.2, 0.25) is 10.0 Å². The van der Waals surface area contributed by atoms with E-state index in [2.05, 4.69) is 5.32 Å². The minimum absolute atomic E-state index is 0.108. The molecule has 0 aliphatic carbocycles. The molecule has 174 valence electrons. The van der Waals surface area contributed by atoms with E-state index in [4.69, 9.17) is 27.9 Å². The molecule has 0 aromatic heterocycles. The standard InChI is InChI=1S/C24H30Cl2N2O3S/c1-16(2)12-27-24(30)17(3)28(13-18-5-9-21(31-4)10-6-18)23(29)15-32-14-19-7-8-20(25)11-22(19)26/h5-11,16-17H,12-15H2,1-4H3,(H,27,30)/t17-/m1/s1. The molecule has 2 aromatic rings. The van der Waals surface area contributed by atoms with Crippen LogP contribution in [0.4, 0.5) is 0 Å². The van der Waals surface area contributed by atoms with Crippen molar-refractivity contribution in [3.63, 3.8) is 0 Å². The average Bonchev–Trinajstić information content (AvgIpc) is 2.77. The summed E-state index contributed by atoms with van der Waals surface area (Å²) in [6, 6.07) is 12.2. The maximum absolute atomic E-state index is 13.1. The van der Waals surface area contributed by atoms with E-state index in [0.29, 0.717) is 34.8 Å². The molecule has 2 amide bonds. The van der Waals surface area contributed by atoms with Crippen LogP contribution in [0.25, 0.3) is 0 Å². The van der Waals surface area contributed by atoms with Crippen LogP contribution < -0.4 is 10.1 Å². The van der Waals surface area contributed by atoms with Crippen LogP contribution in [-0.4, -0.2) is 42.2 Å². The average molecular weight is 497 g/mol. The van der Waals surface area contributed by atoms with Gasteiger partial charge in [-0.3, -0.25) is 9.59 Å². The van der Waals surface area contributed by atoms with Gasteiger partial charge >= 0.3 is 0 Å². The molecule has 2 aromatic carbocycles. The summed E-state index contributed by atoms with van der Waals surface area (Å²) in [5.74, 6) is 1.61. The van der Waals surface area contributed by atoms with Crippen molar-refractivity contribution in [2.75, 3.05) is 19.4 Å². The van der Waals surface area contributed by atoms with Gasteiger partial charge in [-0.15, -0.1) is 11.8 Å². The van der Waals surface area contributed by atoms with Gasteiger partial charge in [0.2, 0.25) is 11.8 Å². The zero-order chi connectivity index (χ0) is 23.7. The highest BCUT2D eigenvalue weighted by Gasteiger charge is 2.26. The molecule has 0 saturated heterocycles. The van der Waals surface area contributed by atoms with Gasteiger partial charge in [0.25, 0.3) is 0 Å². The van der Waals surface area contributed by atoms with Crippen molar-refractivity contribution >= 4 is 46.8 Å². The smallest absolute Gasteiger partial charge is 0.242 e. The Morgan fingerprint density at radius 2 is 1.78 bits per heavy atom. The van der Waals surface area contributed by atoms with Crippen molar-refractivity contribution in [3.8, 4) is 5.75 Å². The van der Waals surface area contributed by atoms with Crippen molar-refractivity contribution < 1.29 is 14.3 Å². The van der Waals surface area contributed by atoms with Gasteiger partial charge in [0.15, 0.2) is 0 Å². The fourth-order valence-electron chi connectivity index (χ4n) is 2.93. The van der Waals surface area contributed by atoms with Gasteiger partial charge in [0.1, 0.15) is 11.8 Å². The third-order valence-corrected chi connectivity index (χ3v) is 6.42. The Bertz CT molecular complexity index is 907. The van der Waals surface area contributed by atoms with Crippen LogP contribution in [0.15, 0.2) is 42.5 Å². The van der Waals surface area contributed by atoms with E-state index < -0.39 is 6.04 Å². The summed E-state index contributed by atoms with van der Waals surface area (Å²) in [5.41, 5.74) is 1.84. The summed E-state index contributed by atoms with van der Waals surface area (Å²) in [5, 5.41) is 4.08. The lowest BCUT2D eigenvalue weighted by Crippen LogP contribution is -2.48. The minimum Gasteiger partial charge on any atom is -0.497 e. The number of benzene rings is 2. The van der Waals surface area contributed by atoms with E-state index in [1.165, 1.54) is 11.8 Å². The second kappa shape index (κ2) is 13.0. The molecule has 0 heterocycles. The first-order valence-electron chi connectivity index (χ1n) is 10.4. The molecule has 0 saturated carbocycles. The summed E-state index contributed by atoms with van der Waals surface area (Å²) in [7, 11) is 1.61. The fourth-order valence-corrected chi connectivity index (χ4v) is 4.40. The number of methoxy groups -OCH3 is 1. The van der Waals surface area contributed by atoms with Crippen LogP contribution in [-0.2, 0) is 21.9 Å². The quantitative estimate of drug-likeness (QED) is 0.450. The molecule has 0 spiro atoms. The molecule has 0 unspecified atom stereocenters. The topological polar surface area (TPSA) is 58.6 Å². The Morgan fingerprint density at radius 3 is 2.38 bits per heavy atom. The number of ether oxygens (including phenoxy) is 1. The first kappa shape index (κ1) is 26.4. The number of amides is 2. The second-order valence-corrected chi connectivity index (χ2v) is 9.74. The predicted molar refractivity (Wildman–Crippen MR) is 133 cm³/mol. The van der Waals surface area contributed by atoms with E-state index in [9.17, 15) is 9.59 Å². The predicted octanol–water partition coefficient (Wildman–Crippen LogP) is 5.42. The molecule has 5 nitrogen and oxygen atoms in total. The third-order valence-electron chi connectivity index (χ3n) is 4.86. The molecule has 0 bridgehead atoms. The summed E-state index contributed by atoms with van der Waals surface area (Å²) >= 11 is 13.6. The number of carbonyl (C=O) groups is 2. The maximum Gasteiger partial charge on any atom is 0.242 e. The molecule has 2 rings (SSSR count). The van der Waals surface area contributed by atoms with E-state index in [-0.39, 0.29) is 17.6 Å². The molecule has 1 N–H and O–H groups in total. The Labute approximate surface area is 204 Å². The normalized spacial score (nSPS) is 11.8. The monoisotopic (exact) mass is 496 g/mol. The molecule has 0 aliphatic heterocycles. The van der Waals surface area contributed by atoms with Gasteiger partial charge in [-0.1, -0.05) is 55.2 Å². The number of carbonyl (C=O) groups excluding carboxylic acids is 2. The number of nitrogens with one attached hydrogen (secondary N) is 1. The third kappa shape index (κ3) is 8.23. The molecule has 8 heteroatoms. The van der Waals surface area contributed by atoms with Gasteiger partial charge in [-0.2, -0.15) is 0 Å². The summed E-state index contributed by atoms with van der Waals surface area (Å²) in [6.45, 7) is 6.73. The van der Waals surface area contributed by atoms with Gasteiger partial charge in [0, 0.05) is 28.9 Å². The van der Waals surface area contributed by atoms with E-state index in [0.717, 1.165) is 16.9 Å². The number of halogens is 2. The highest BCUT2D eigenvalue weighted by atomic mass is 35.5. The Hall–Kier alpha value is -1.89. The number of nitrogens with zero attached hydrogens (tertiary/aromatic N) is 1. The van der Waals surface area contributed by atoms with Crippen molar-refractivity contribution in [1.82, 2.24) is 10.2 Å². The van der Waals surface area contributed by atoms with Crippen molar-refractivity contribution in [2.24, 2.45) is 5.92 Å². The molecule has 0 radical (unpaired) electrons. The molecular formula is C24H30Cl2N2O3S. The summed E-state index contributed by atoms with van der Waals surface area (Å²) < 4.78 is 5.21. The fraction of sp³-hybridized carbons (Fsp3) is 0.417. The van der Waals surface area contributed by atoms with Gasteiger partial charge in [0.05, 0.1) is 12.9 Å². The first-order valence-corrected chi connectivity index (χ1v) is 12.3. The zero-order valence-electron chi connectivity index (χ0n) is 18.9. The molecule has 0 aliphatic rings. The van der Waals surface area contributed by atoms with E-state index in [1.807, 2.05) is 44.2 Å². The number of rotatable bonds is 11. The van der Waals surface area contributed by atoms with Crippen LogP contribution >= 0.6 is 35.0 Å². The number of thioether (sulfide) groups is 1. The lowest BCUT2D eigenvalue weighted by atomic mass is 10.1. The first-order chi connectivity index (χ1) is 15.2. The van der Waals surface area contributed by atoms with Crippen molar-refractivity contribution in [2.45, 2.75) is 39.1 Å². The summed E-state index contributed by atoms with van der Waals surface area (Å²) in [4.78, 5) is 27.4. The van der Waals surface area contributed by atoms with Gasteiger partial charge in [-0.25, -0.2) is 0 Å². The van der Waals surface area contributed by atoms with Crippen LogP contribution in [0.5, 0.6) is 5.75 Å². The molecule has 0 fully saturated rings. The summed E-state index contributed by atoms with van der Waals surface area (Å²) in [6.07, 6.45) is 0. The van der Waals surface area contributed by atoms with Gasteiger partial charge < -0.3 is 15.0 Å². The van der Waals surface area contributed by atoms with Crippen LogP contribution in [0.1, 0.15) is 31.9 Å². The SMILES string of the molecule is COc1ccc(CN(C(=O)CSCc2ccc(Cl)cc2Cl)[C@H](C)C(=O)NCC(C)C)cc1. The van der Waals surface area contributed by atoms with Crippen LogP contribution in [0, 0.1) is 5.92 Å². The molecule has 1 atom stereocenters. The van der Waals surface area contributed by atoms with E-state index in [1.54, 1.807) is 31.1 Å². The lowest BCUT2D eigenvalue weighted by molar-refractivity contribution is -0.138. The van der Waals surface area contributed by atoms with Crippen molar-refractivity contribution in [3.05, 3.63) is 63.6 Å². The van der Waals surface area contributed by atoms with Gasteiger partial charge in [-0.05, 0) is 48.2 Å². The Kier molecular flexibility index (Phi) is 10.7. The van der Waals surface area contributed by atoms with Crippen LogP contribution in [0.3, 0.4) is 0 Å². The maximum atomic E-state index is 13.1. The molecular weight excluding hydrogens is 467 g/mol. The number of hydrogen-bond acceptors (Lipinski definition) is 4. The number of hydrogen-bond donors (Lipinski definition) is 1. The molecule has 32 heavy (non-hydrogen) atoms. The minimum atomic E-state index is -0.594. The van der Waals surface area contributed by atoms with E-state index >= 15 is 0 Å². The highest BCUT2D eigenvalue weighted by molar-refractivity contribution is 7.99. The Morgan fingerprint density at radius 1 is 1.09 bits per heavy atom. The zero-order valence-corrected chi connectivity index (χ0v) is 21.2. The lowest BCUT2D eigenvalue weighted by Gasteiger charge is -2.29. The Balaban J connectivity index is 2.08. The largest absolute Gasteiger partial charge is 0.497 e. The highest BCUT2D eigenvalue weighted by Crippen LogP contribution is 2.25. The second-order valence-electron chi connectivity index (χ2n) is 7.91. The van der Waals surface area contributed by atoms with Crippen molar-refractivity contribution in [1.29, 1.82) is 0 Å².